The highest BCUT2D eigenvalue weighted by atomic mass is 19.4. The number of ether oxygens (including phenoxy) is 2. The fourth-order valence-electron chi connectivity index (χ4n) is 2.23. The summed E-state index contributed by atoms with van der Waals surface area (Å²) in [5.41, 5.74) is 1.44. The lowest BCUT2D eigenvalue weighted by atomic mass is 10.2. The zero-order valence-corrected chi connectivity index (χ0v) is 14.9. The Hall–Kier alpha value is -3.47. The van der Waals surface area contributed by atoms with Crippen LogP contribution in [0.4, 0.5) is 13.2 Å². The van der Waals surface area contributed by atoms with E-state index in [2.05, 4.69) is 4.74 Å². The number of amides is 1. The second kappa shape index (κ2) is 9.46. The van der Waals surface area contributed by atoms with E-state index in [1.165, 1.54) is 35.2 Å². The maximum Gasteiger partial charge on any atom is 0.573 e. The van der Waals surface area contributed by atoms with Gasteiger partial charge in [-0.3, -0.25) is 4.79 Å². The average Bonchev–Trinajstić information content (AvgIpc) is 2.65. The monoisotopic (exact) mass is 390 g/mol. The summed E-state index contributed by atoms with van der Waals surface area (Å²) >= 11 is 0. The number of carbonyl (C=O) groups excluding carboxylic acids is 1. The van der Waals surface area contributed by atoms with Gasteiger partial charge in [0, 0.05) is 19.7 Å². The molecule has 0 aliphatic heterocycles. The number of hydrogen-bond donors (Lipinski definition) is 0. The summed E-state index contributed by atoms with van der Waals surface area (Å²) in [6.07, 6.45) is -1.71. The zero-order chi connectivity index (χ0) is 20.6. The fourth-order valence-corrected chi connectivity index (χ4v) is 2.23. The van der Waals surface area contributed by atoms with Gasteiger partial charge in [-0.2, -0.15) is 5.26 Å². The molecular weight excluding hydrogens is 373 g/mol. The van der Waals surface area contributed by atoms with Crippen LogP contribution in [0.15, 0.2) is 54.6 Å². The van der Waals surface area contributed by atoms with E-state index in [1.54, 1.807) is 37.4 Å². The minimum absolute atomic E-state index is 0.0399. The quantitative estimate of drug-likeness (QED) is 0.666. The molecule has 0 saturated heterocycles. The Morgan fingerprint density at radius 1 is 1.11 bits per heavy atom. The van der Waals surface area contributed by atoms with E-state index < -0.39 is 6.36 Å². The minimum Gasteiger partial charge on any atom is -0.479 e. The molecule has 0 aliphatic carbocycles. The smallest absolute Gasteiger partial charge is 0.479 e. The molecule has 2 aromatic carbocycles. The maximum absolute atomic E-state index is 12.2. The highest BCUT2D eigenvalue weighted by Gasteiger charge is 2.30. The Morgan fingerprint density at radius 2 is 1.71 bits per heavy atom. The van der Waals surface area contributed by atoms with Gasteiger partial charge in [0.1, 0.15) is 17.6 Å². The van der Waals surface area contributed by atoms with E-state index in [0.29, 0.717) is 11.3 Å². The molecule has 2 aromatic rings. The first-order valence-corrected chi connectivity index (χ1v) is 8.14. The van der Waals surface area contributed by atoms with Gasteiger partial charge in [0.2, 0.25) is 5.91 Å². The minimum atomic E-state index is -4.74. The van der Waals surface area contributed by atoms with Crippen molar-refractivity contribution in [3.63, 3.8) is 0 Å². The van der Waals surface area contributed by atoms with Crippen molar-refractivity contribution in [2.24, 2.45) is 0 Å². The van der Waals surface area contributed by atoms with E-state index in [9.17, 15) is 18.0 Å². The lowest BCUT2D eigenvalue weighted by Gasteiger charge is -2.16. The van der Waals surface area contributed by atoms with Gasteiger partial charge < -0.3 is 14.4 Å². The zero-order valence-electron chi connectivity index (χ0n) is 14.9. The molecule has 1 amide bonds. The lowest BCUT2D eigenvalue weighted by molar-refractivity contribution is -0.274. The number of likely N-dealkylation sites (N-methyl/N-ethyl adjacent to an activating group) is 1. The van der Waals surface area contributed by atoms with E-state index in [1.807, 2.05) is 6.07 Å². The number of hydrogen-bond acceptors (Lipinski definition) is 4. The molecule has 0 saturated carbocycles. The fraction of sp³-hybridized carbons (Fsp3) is 0.200. The van der Waals surface area contributed by atoms with Gasteiger partial charge >= 0.3 is 6.36 Å². The second-order valence-electron chi connectivity index (χ2n) is 5.74. The van der Waals surface area contributed by atoms with Gasteiger partial charge in [0.15, 0.2) is 6.61 Å². The van der Waals surface area contributed by atoms with Crippen LogP contribution < -0.4 is 9.47 Å². The molecule has 146 valence electrons. The van der Waals surface area contributed by atoms with E-state index in [4.69, 9.17) is 10.00 Å². The Labute approximate surface area is 160 Å². The molecule has 0 atom stereocenters. The third-order valence-corrected chi connectivity index (χ3v) is 3.55. The van der Waals surface area contributed by atoms with Crippen LogP contribution >= 0.6 is 0 Å². The van der Waals surface area contributed by atoms with Crippen LogP contribution in [0.1, 0.15) is 11.1 Å². The van der Waals surface area contributed by atoms with Crippen LogP contribution in [0.5, 0.6) is 11.5 Å². The Balaban J connectivity index is 1.90. The van der Waals surface area contributed by atoms with Crippen LogP contribution in [0.2, 0.25) is 0 Å². The van der Waals surface area contributed by atoms with Crippen LogP contribution in [-0.4, -0.2) is 30.8 Å². The van der Waals surface area contributed by atoms with Gasteiger partial charge in [-0.1, -0.05) is 24.3 Å². The van der Waals surface area contributed by atoms with Crippen LogP contribution in [0.3, 0.4) is 0 Å². The summed E-state index contributed by atoms with van der Waals surface area (Å²) in [6.45, 7) is 0.193. The van der Waals surface area contributed by atoms with Crippen LogP contribution in [0, 0.1) is 11.3 Å². The molecule has 0 unspecified atom stereocenters. The molecule has 0 N–H and O–H groups in total. The Morgan fingerprint density at radius 3 is 2.29 bits per heavy atom. The van der Waals surface area contributed by atoms with E-state index in [0.717, 1.165) is 5.56 Å². The van der Waals surface area contributed by atoms with Gasteiger partial charge in [-0.25, -0.2) is 0 Å². The first-order chi connectivity index (χ1) is 13.3. The number of halogens is 3. The maximum atomic E-state index is 12.2. The predicted molar refractivity (Wildman–Crippen MR) is 96.2 cm³/mol. The average molecular weight is 390 g/mol. The van der Waals surface area contributed by atoms with Crippen molar-refractivity contribution in [3.05, 3.63) is 65.7 Å². The molecule has 0 aromatic heterocycles. The summed E-state index contributed by atoms with van der Waals surface area (Å²) in [7, 11) is 1.59. The molecule has 5 nitrogen and oxygen atoms in total. The van der Waals surface area contributed by atoms with Crippen LogP contribution in [-0.2, 0) is 11.3 Å². The van der Waals surface area contributed by atoms with Gasteiger partial charge in [-0.05, 0) is 41.5 Å². The van der Waals surface area contributed by atoms with Gasteiger partial charge in [0.25, 0.3) is 0 Å². The molecular formula is C20H17F3N2O3. The van der Waals surface area contributed by atoms with Crippen LogP contribution in [0.25, 0.3) is 6.08 Å². The number of benzene rings is 2. The van der Waals surface area contributed by atoms with Gasteiger partial charge in [-0.15, -0.1) is 13.2 Å². The third kappa shape index (κ3) is 7.03. The van der Waals surface area contributed by atoms with Crippen molar-refractivity contribution in [2.75, 3.05) is 13.7 Å². The first-order valence-electron chi connectivity index (χ1n) is 8.14. The molecule has 8 heteroatoms. The number of carbonyl (C=O) groups is 1. The van der Waals surface area contributed by atoms with Crippen molar-refractivity contribution in [1.82, 2.24) is 4.90 Å². The summed E-state index contributed by atoms with van der Waals surface area (Å²) < 4.78 is 45.4. The molecule has 0 fully saturated rings. The molecule has 28 heavy (non-hydrogen) atoms. The summed E-state index contributed by atoms with van der Waals surface area (Å²) in [5.74, 6) is -0.0205. The number of alkyl halides is 3. The summed E-state index contributed by atoms with van der Waals surface area (Å²) in [5, 5.41) is 8.46. The van der Waals surface area contributed by atoms with E-state index in [-0.39, 0.29) is 24.8 Å². The predicted octanol–water partition coefficient (Wildman–Crippen LogP) is 4.16. The highest BCUT2D eigenvalue weighted by molar-refractivity contribution is 5.91. The summed E-state index contributed by atoms with van der Waals surface area (Å²) in [4.78, 5) is 13.6. The van der Waals surface area contributed by atoms with Crippen molar-refractivity contribution in [1.29, 1.82) is 5.26 Å². The standard InChI is InChI=1S/C20H17F3N2O3/c1-25(14-16-4-9-18(10-5-16)28-20(21,22)23)19(26)11-6-15-2-7-17(8-3-15)27-13-12-24/h2-11H,13-14H2,1H3/b11-6+. The highest BCUT2D eigenvalue weighted by Crippen LogP contribution is 2.23. The molecule has 0 spiro atoms. The molecule has 0 radical (unpaired) electrons. The molecule has 0 heterocycles. The van der Waals surface area contributed by atoms with Crippen molar-refractivity contribution in [2.45, 2.75) is 12.9 Å². The Bertz CT molecular complexity index is 854. The number of rotatable bonds is 7. The lowest BCUT2D eigenvalue weighted by Crippen LogP contribution is -2.24. The Kier molecular flexibility index (Phi) is 7.04. The van der Waals surface area contributed by atoms with Gasteiger partial charge in [0.05, 0.1) is 0 Å². The van der Waals surface area contributed by atoms with Crippen molar-refractivity contribution >= 4 is 12.0 Å². The second-order valence-corrected chi connectivity index (χ2v) is 5.74. The topological polar surface area (TPSA) is 62.6 Å². The van der Waals surface area contributed by atoms with Crippen molar-refractivity contribution < 1.29 is 27.4 Å². The van der Waals surface area contributed by atoms with Crippen molar-refractivity contribution in [3.8, 4) is 17.6 Å². The molecule has 0 bridgehead atoms. The number of nitriles is 1. The number of nitrogens with zero attached hydrogens (tertiary/aromatic N) is 2. The largest absolute Gasteiger partial charge is 0.573 e. The first kappa shape index (κ1) is 20.8. The third-order valence-electron chi connectivity index (χ3n) is 3.55. The SMILES string of the molecule is CN(Cc1ccc(OC(F)(F)F)cc1)C(=O)/C=C/c1ccc(OCC#N)cc1. The van der Waals surface area contributed by atoms with E-state index >= 15 is 0 Å². The molecule has 2 rings (SSSR count). The normalized spacial score (nSPS) is 11.1. The summed E-state index contributed by atoms with van der Waals surface area (Å²) in [6, 6.07) is 14.1. The molecule has 0 aliphatic rings.